The van der Waals surface area contributed by atoms with Crippen molar-refractivity contribution in [3.63, 3.8) is 0 Å². The second kappa shape index (κ2) is 8.20. The van der Waals surface area contributed by atoms with E-state index in [0.717, 1.165) is 21.6 Å². The third-order valence-electron chi connectivity index (χ3n) is 5.13. The highest BCUT2D eigenvalue weighted by Crippen LogP contribution is 2.41. The quantitative estimate of drug-likeness (QED) is 0.524. The van der Waals surface area contributed by atoms with Crippen molar-refractivity contribution in [1.29, 1.82) is 0 Å². The Kier molecular flexibility index (Phi) is 5.46. The third kappa shape index (κ3) is 3.64. The Morgan fingerprint density at radius 1 is 0.800 bits per heavy atom. The second-order valence-electron chi connectivity index (χ2n) is 7.06. The van der Waals surface area contributed by atoms with Gasteiger partial charge in [-0.1, -0.05) is 48.2 Å². The second-order valence-corrected chi connectivity index (χ2v) is 8.15. The number of aryl methyl sites for hydroxylation is 2. The number of nitrogens with zero attached hydrogens (tertiary/aromatic N) is 1. The van der Waals surface area contributed by atoms with E-state index in [1.165, 1.54) is 16.7 Å². The monoisotopic (exact) mass is 415 g/mol. The number of imide groups is 1. The van der Waals surface area contributed by atoms with E-state index < -0.39 is 0 Å². The van der Waals surface area contributed by atoms with Crippen molar-refractivity contribution in [1.82, 2.24) is 0 Å². The van der Waals surface area contributed by atoms with Crippen LogP contribution in [0.4, 0.5) is 5.69 Å². The van der Waals surface area contributed by atoms with Crippen LogP contribution in [0.1, 0.15) is 16.7 Å². The van der Waals surface area contributed by atoms with Crippen LogP contribution in [0.25, 0.3) is 5.57 Å². The van der Waals surface area contributed by atoms with E-state index >= 15 is 0 Å². The zero-order chi connectivity index (χ0) is 21.3. The van der Waals surface area contributed by atoms with Gasteiger partial charge in [-0.25, -0.2) is 4.90 Å². The highest BCUT2D eigenvalue weighted by molar-refractivity contribution is 8.04. The molecule has 0 saturated heterocycles. The summed E-state index contributed by atoms with van der Waals surface area (Å²) in [7, 11) is 1.58. The molecule has 0 spiro atoms. The number of carbonyl (C=O) groups is 2. The van der Waals surface area contributed by atoms with E-state index in [1.54, 1.807) is 31.4 Å². The van der Waals surface area contributed by atoms with Gasteiger partial charge in [0.05, 0.1) is 23.3 Å². The normalized spacial score (nSPS) is 13.9. The van der Waals surface area contributed by atoms with E-state index in [2.05, 4.69) is 0 Å². The molecule has 0 radical (unpaired) electrons. The van der Waals surface area contributed by atoms with E-state index in [-0.39, 0.29) is 11.8 Å². The summed E-state index contributed by atoms with van der Waals surface area (Å²) in [5, 5.41) is 0. The molecule has 3 aromatic rings. The van der Waals surface area contributed by atoms with Crippen LogP contribution in [0.2, 0.25) is 0 Å². The van der Waals surface area contributed by atoms with Gasteiger partial charge in [-0.15, -0.1) is 0 Å². The summed E-state index contributed by atoms with van der Waals surface area (Å²) in [6.07, 6.45) is 0. The Labute approximate surface area is 180 Å². The Morgan fingerprint density at radius 2 is 1.50 bits per heavy atom. The maximum atomic E-state index is 13.5. The van der Waals surface area contributed by atoms with Gasteiger partial charge in [-0.2, -0.15) is 0 Å². The van der Waals surface area contributed by atoms with Gasteiger partial charge >= 0.3 is 0 Å². The predicted molar refractivity (Wildman–Crippen MR) is 121 cm³/mol. The molecule has 0 aliphatic carbocycles. The molecule has 1 heterocycles. The lowest BCUT2D eigenvalue weighted by Gasteiger charge is -2.15. The van der Waals surface area contributed by atoms with Gasteiger partial charge in [0.15, 0.2) is 0 Å². The first kappa shape index (κ1) is 20.0. The summed E-state index contributed by atoms with van der Waals surface area (Å²) in [4.78, 5) is 29.5. The number of hydrogen-bond acceptors (Lipinski definition) is 4. The summed E-state index contributed by atoms with van der Waals surface area (Å²) in [6, 6.07) is 22.4. The Balaban J connectivity index is 1.82. The molecule has 0 bridgehead atoms. The minimum atomic E-state index is -0.313. The summed E-state index contributed by atoms with van der Waals surface area (Å²) in [5.41, 5.74) is 3.93. The first-order valence-electron chi connectivity index (χ1n) is 9.57. The molecule has 5 heteroatoms. The third-order valence-corrected chi connectivity index (χ3v) is 6.22. The summed E-state index contributed by atoms with van der Waals surface area (Å²) in [5.74, 6) is 0.0400. The van der Waals surface area contributed by atoms with Crippen LogP contribution in [0.5, 0.6) is 5.75 Å². The van der Waals surface area contributed by atoms with Crippen LogP contribution < -0.4 is 9.64 Å². The van der Waals surface area contributed by atoms with Crippen molar-refractivity contribution in [2.75, 3.05) is 12.0 Å². The number of amides is 2. The average molecular weight is 416 g/mol. The zero-order valence-corrected chi connectivity index (χ0v) is 17.8. The maximum absolute atomic E-state index is 13.5. The van der Waals surface area contributed by atoms with Crippen LogP contribution in [0, 0.1) is 13.8 Å². The summed E-state index contributed by atoms with van der Waals surface area (Å²) in [6.45, 7) is 4.03. The fourth-order valence-corrected chi connectivity index (χ4v) is 4.34. The molecule has 0 N–H and O–H groups in total. The van der Waals surface area contributed by atoms with Gasteiger partial charge in [0.25, 0.3) is 11.8 Å². The Hall–Kier alpha value is -3.31. The van der Waals surface area contributed by atoms with E-state index in [1.807, 2.05) is 62.4 Å². The van der Waals surface area contributed by atoms with Crippen molar-refractivity contribution in [3.05, 3.63) is 94.4 Å². The van der Waals surface area contributed by atoms with Gasteiger partial charge in [0.1, 0.15) is 5.75 Å². The lowest BCUT2D eigenvalue weighted by molar-refractivity contribution is -0.119. The van der Waals surface area contributed by atoms with Crippen LogP contribution in [0.15, 0.2) is 82.6 Å². The molecule has 4 nitrogen and oxygen atoms in total. The summed E-state index contributed by atoms with van der Waals surface area (Å²) >= 11 is 1.33. The minimum absolute atomic E-state index is 0.313. The van der Waals surface area contributed by atoms with Crippen LogP contribution in [-0.2, 0) is 9.59 Å². The highest BCUT2D eigenvalue weighted by Gasteiger charge is 2.40. The SMILES string of the molecule is COc1ccc(N2C(=O)C(Sc3ccccc3)=C(c3ccc(C)c(C)c3)C2=O)cc1. The first-order valence-corrected chi connectivity index (χ1v) is 10.4. The number of anilines is 1. The highest BCUT2D eigenvalue weighted by atomic mass is 32.2. The Morgan fingerprint density at radius 3 is 2.13 bits per heavy atom. The number of ether oxygens (including phenoxy) is 1. The molecule has 0 fully saturated rings. The standard InChI is InChI=1S/C25H21NO3S/c1-16-9-10-18(15-17(16)2)22-23(30-21-7-5-4-6-8-21)25(28)26(24(22)27)19-11-13-20(29-3)14-12-19/h4-15H,1-3H3. The van der Waals surface area contributed by atoms with Crippen molar-refractivity contribution >= 4 is 34.8 Å². The van der Waals surface area contributed by atoms with Gasteiger partial charge in [0.2, 0.25) is 0 Å². The molecule has 0 aromatic heterocycles. The van der Waals surface area contributed by atoms with Gasteiger partial charge in [0, 0.05) is 4.90 Å². The number of rotatable bonds is 5. The molecule has 0 unspecified atom stereocenters. The van der Waals surface area contributed by atoms with Gasteiger partial charge in [-0.3, -0.25) is 9.59 Å². The zero-order valence-electron chi connectivity index (χ0n) is 17.0. The molecule has 150 valence electrons. The fraction of sp³-hybridized carbons (Fsp3) is 0.120. The average Bonchev–Trinajstić information content (AvgIpc) is 3.00. The maximum Gasteiger partial charge on any atom is 0.272 e. The van der Waals surface area contributed by atoms with Crippen LogP contribution in [0.3, 0.4) is 0 Å². The van der Waals surface area contributed by atoms with Crippen molar-refractivity contribution in [2.24, 2.45) is 0 Å². The Bertz CT molecular complexity index is 1150. The van der Waals surface area contributed by atoms with Gasteiger partial charge in [-0.05, 0) is 66.9 Å². The number of hydrogen-bond donors (Lipinski definition) is 0. The van der Waals surface area contributed by atoms with E-state index in [0.29, 0.717) is 21.9 Å². The number of methoxy groups -OCH3 is 1. The molecular formula is C25H21NO3S. The molecule has 2 amide bonds. The molecule has 1 aliphatic rings. The van der Waals surface area contributed by atoms with Crippen LogP contribution in [-0.4, -0.2) is 18.9 Å². The van der Waals surface area contributed by atoms with Crippen molar-refractivity contribution in [3.8, 4) is 5.75 Å². The fourth-order valence-electron chi connectivity index (χ4n) is 3.33. The molecule has 3 aromatic carbocycles. The number of carbonyl (C=O) groups excluding carboxylic acids is 2. The van der Waals surface area contributed by atoms with Crippen molar-refractivity contribution in [2.45, 2.75) is 18.7 Å². The molecule has 30 heavy (non-hydrogen) atoms. The molecule has 1 aliphatic heterocycles. The molecule has 0 atom stereocenters. The number of thioether (sulfide) groups is 1. The molecular weight excluding hydrogens is 394 g/mol. The van der Waals surface area contributed by atoms with Crippen molar-refractivity contribution < 1.29 is 14.3 Å². The largest absolute Gasteiger partial charge is 0.497 e. The van der Waals surface area contributed by atoms with E-state index in [9.17, 15) is 9.59 Å². The predicted octanol–water partition coefficient (Wildman–Crippen LogP) is 5.39. The minimum Gasteiger partial charge on any atom is -0.497 e. The molecule has 0 saturated carbocycles. The number of benzene rings is 3. The lowest BCUT2D eigenvalue weighted by Crippen LogP contribution is -2.31. The van der Waals surface area contributed by atoms with E-state index in [4.69, 9.17) is 4.74 Å². The van der Waals surface area contributed by atoms with Crippen LogP contribution >= 0.6 is 11.8 Å². The lowest BCUT2D eigenvalue weighted by atomic mass is 10.0. The summed E-state index contributed by atoms with van der Waals surface area (Å²) < 4.78 is 5.20. The molecule has 4 rings (SSSR count). The van der Waals surface area contributed by atoms with Gasteiger partial charge < -0.3 is 4.74 Å². The first-order chi connectivity index (χ1) is 14.5. The topological polar surface area (TPSA) is 46.6 Å². The smallest absolute Gasteiger partial charge is 0.272 e.